The minimum absolute atomic E-state index is 0.338. The summed E-state index contributed by atoms with van der Waals surface area (Å²) in [5.41, 5.74) is 1.79. The summed E-state index contributed by atoms with van der Waals surface area (Å²) in [7, 11) is 0. The van der Waals surface area contributed by atoms with Crippen molar-refractivity contribution in [1.29, 1.82) is 0 Å². The van der Waals surface area contributed by atoms with Gasteiger partial charge in [0.05, 0.1) is 13.2 Å². The summed E-state index contributed by atoms with van der Waals surface area (Å²) in [6.07, 6.45) is 3.69. The highest BCUT2D eigenvalue weighted by Crippen LogP contribution is 2.36. The van der Waals surface area contributed by atoms with E-state index in [4.69, 9.17) is 9.47 Å². The predicted octanol–water partition coefficient (Wildman–Crippen LogP) is 2.45. The van der Waals surface area contributed by atoms with E-state index < -0.39 is 0 Å². The molecule has 23 heavy (non-hydrogen) atoms. The topological polar surface area (TPSA) is 24.9 Å². The second-order valence-corrected chi connectivity index (χ2v) is 8.24. The molecule has 4 rings (SSSR count). The fourth-order valence-corrected chi connectivity index (χ4v) is 5.10. The maximum Gasteiger partial charge on any atom is 0.0593 e. The van der Waals surface area contributed by atoms with Gasteiger partial charge in [-0.2, -0.15) is 11.3 Å². The van der Waals surface area contributed by atoms with Gasteiger partial charge in [0.15, 0.2) is 0 Å². The van der Waals surface area contributed by atoms with Crippen molar-refractivity contribution in [3.8, 4) is 0 Å². The molecule has 0 aromatic carbocycles. The van der Waals surface area contributed by atoms with E-state index in [1.54, 1.807) is 11.3 Å². The van der Waals surface area contributed by atoms with E-state index in [1.807, 2.05) is 0 Å². The Morgan fingerprint density at radius 3 is 2.87 bits per heavy atom. The van der Waals surface area contributed by atoms with E-state index in [2.05, 4.69) is 26.6 Å². The van der Waals surface area contributed by atoms with E-state index >= 15 is 0 Å². The molecule has 5 heteroatoms. The number of nitrogens with zero attached hydrogens (tertiary/aromatic N) is 2. The van der Waals surface area contributed by atoms with Gasteiger partial charge in [0.1, 0.15) is 0 Å². The molecule has 3 fully saturated rings. The van der Waals surface area contributed by atoms with Gasteiger partial charge in [-0.05, 0) is 48.2 Å². The summed E-state index contributed by atoms with van der Waals surface area (Å²) in [6, 6.07) is 2.99. The molecule has 4 heterocycles. The summed E-state index contributed by atoms with van der Waals surface area (Å²) in [5.74, 6) is 0. The molecular weight excluding hydrogens is 308 g/mol. The first-order valence-corrected chi connectivity index (χ1v) is 9.90. The number of hydrogen-bond acceptors (Lipinski definition) is 5. The molecular formula is C18H28N2O2S. The first-order chi connectivity index (χ1) is 11.3. The molecule has 0 bridgehead atoms. The lowest BCUT2D eigenvalue weighted by Gasteiger charge is -2.35. The van der Waals surface area contributed by atoms with Crippen molar-refractivity contribution < 1.29 is 9.47 Å². The second kappa shape index (κ2) is 7.19. The first-order valence-electron chi connectivity index (χ1n) is 8.96. The molecule has 0 radical (unpaired) electrons. The van der Waals surface area contributed by atoms with Crippen molar-refractivity contribution in [2.24, 2.45) is 5.41 Å². The molecule has 1 atom stereocenters. The standard InChI is InChI=1S/C18H28N2O2S/c1-7-21-8-2-17(1)20-5-4-18(14-20)13-19(6-9-22-15-18)11-16-3-10-23-12-16/h3,10,12,17H,1-2,4-9,11,13-15H2/t18-/m0/s1. The Bertz CT molecular complexity index is 489. The van der Waals surface area contributed by atoms with Crippen LogP contribution in [0, 0.1) is 5.41 Å². The number of ether oxygens (including phenoxy) is 2. The molecule has 1 spiro atoms. The fraction of sp³-hybridized carbons (Fsp3) is 0.778. The molecule has 3 aliphatic rings. The van der Waals surface area contributed by atoms with Gasteiger partial charge in [0.25, 0.3) is 0 Å². The molecule has 0 unspecified atom stereocenters. The quantitative estimate of drug-likeness (QED) is 0.846. The van der Waals surface area contributed by atoms with Crippen LogP contribution in [0.4, 0.5) is 0 Å². The second-order valence-electron chi connectivity index (χ2n) is 7.46. The van der Waals surface area contributed by atoms with Gasteiger partial charge >= 0.3 is 0 Å². The van der Waals surface area contributed by atoms with Crippen LogP contribution in [0.15, 0.2) is 16.8 Å². The van der Waals surface area contributed by atoms with Crippen LogP contribution >= 0.6 is 11.3 Å². The Morgan fingerprint density at radius 2 is 2.04 bits per heavy atom. The third-order valence-electron chi connectivity index (χ3n) is 5.68. The van der Waals surface area contributed by atoms with Crippen molar-refractivity contribution in [2.45, 2.75) is 31.8 Å². The van der Waals surface area contributed by atoms with E-state index in [0.717, 1.165) is 45.6 Å². The molecule has 0 aliphatic carbocycles. The third kappa shape index (κ3) is 3.80. The SMILES string of the molecule is c1cc(CN2CCOC[C@@]3(CCN(C4CCOCC4)C3)C2)cs1. The first kappa shape index (κ1) is 16.0. The summed E-state index contributed by atoms with van der Waals surface area (Å²) in [4.78, 5) is 5.34. The zero-order chi connectivity index (χ0) is 15.5. The number of likely N-dealkylation sites (tertiary alicyclic amines) is 1. The molecule has 1 aromatic heterocycles. The van der Waals surface area contributed by atoms with Crippen LogP contribution < -0.4 is 0 Å². The van der Waals surface area contributed by atoms with Crippen molar-refractivity contribution >= 4 is 11.3 Å². The van der Waals surface area contributed by atoms with Gasteiger partial charge < -0.3 is 9.47 Å². The van der Waals surface area contributed by atoms with Crippen LogP contribution in [0.1, 0.15) is 24.8 Å². The van der Waals surface area contributed by atoms with Crippen molar-refractivity contribution in [1.82, 2.24) is 9.80 Å². The number of thiophene rings is 1. The average molecular weight is 337 g/mol. The average Bonchev–Trinajstić information content (AvgIpc) is 3.18. The van der Waals surface area contributed by atoms with Gasteiger partial charge in [-0.3, -0.25) is 9.80 Å². The minimum atomic E-state index is 0.338. The molecule has 1 aromatic rings. The smallest absolute Gasteiger partial charge is 0.0593 e. The Balaban J connectivity index is 1.40. The zero-order valence-corrected chi connectivity index (χ0v) is 14.7. The summed E-state index contributed by atoms with van der Waals surface area (Å²) in [5, 5.41) is 4.46. The van der Waals surface area contributed by atoms with Crippen LogP contribution in [0.5, 0.6) is 0 Å². The lowest BCUT2D eigenvalue weighted by molar-refractivity contribution is 0.0284. The molecule has 3 saturated heterocycles. The fourth-order valence-electron chi connectivity index (χ4n) is 4.44. The molecule has 4 nitrogen and oxygen atoms in total. The summed E-state index contributed by atoms with van der Waals surface area (Å²) in [6.45, 7) is 9.46. The van der Waals surface area contributed by atoms with Crippen LogP contribution in [0.3, 0.4) is 0 Å². The van der Waals surface area contributed by atoms with Crippen molar-refractivity contribution in [3.63, 3.8) is 0 Å². The van der Waals surface area contributed by atoms with Gasteiger partial charge in [-0.15, -0.1) is 0 Å². The summed E-state index contributed by atoms with van der Waals surface area (Å²) >= 11 is 1.80. The lowest BCUT2D eigenvalue weighted by Crippen LogP contribution is -2.43. The molecule has 3 aliphatic heterocycles. The third-order valence-corrected chi connectivity index (χ3v) is 6.41. The minimum Gasteiger partial charge on any atom is -0.381 e. The van der Waals surface area contributed by atoms with Crippen LogP contribution in [-0.2, 0) is 16.0 Å². The summed E-state index contributed by atoms with van der Waals surface area (Å²) < 4.78 is 11.6. The van der Waals surface area contributed by atoms with Crippen molar-refractivity contribution in [3.05, 3.63) is 22.4 Å². The van der Waals surface area contributed by atoms with Crippen LogP contribution in [0.25, 0.3) is 0 Å². The van der Waals surface area contributed by atoms with Gasteiger partial charge in [-0.1, -0.05) is 0 Å². The predicted molar refractivity (Wildman–Crippen MR) is 92.9 cm³/mol. The van der Waals surface area contributed by atoms with Crippen LogP contribution in [0.2, 0.25) is 0 Å². The highest BCUT2D eigenvalue weighted by Gasteiger charge is 2.43. The highest BCUT2D eigenvalue weighted by molar-refractivity contribution is 7.07. The Morgan fingerprint density at radius 1 is 1.13 bits per heavy atom. The normalized spacial score (nSPS) is 31.7. The Labute approximate surface area is 143 Å². The van der Waals surface area contributed by atoms with E-state index in [0.29, 0.717) is 5.41 Å². The van der Waals surface area contributed by atoms with E-state index in [9.17, 15) is 0 Å². The van der Waals surface area contributed by atoms with Gasteiger partial charge in [0.2, 0.25) is 0 Å². The van der Waals surface area contributed by atoms with Crippen molar-refractivity contribution in [2.75, 3.05) is 52.6 Å². The van der Waals surface area contributed by atoms with E-state index in [-0.39, 0.29) is 0 Å². The zero-order valence-electron chi connectivity index (χ0n) is 13.9. The Hall–Kier alpha value is -0.460. The lowest BCUT2D eigenvalue weighted by atomic mass is 9.87. The van der Waals surface area contributed by atoms with Crippen LogP contribution in [-0.4, -0.2) is 68.4 Å². The van der Waals surface area contributed by atoms with E-state index in [1.165, 1.54) is 44.5 Å². The largest absolute Gasteiger partial charge is 0.381 e. The number of rotatable bonds is 3. The molecule has 0 N–H and O–H groups in total. The molecule has 0 saturated carbocycles. The maximum atomic E-state index is 6.03. The highest BCUT2D eigenvalue weighted by atomic mass is 32.1. The monoisotopic (exact) mass is 336 g/mol. The maximum absolute atomic E-state index is 6.03. The Kier molecular flexibility index (Phi) is 5.02. The van der Waals surface area contributed by atoms with Gasteiger partial charge in [0, 0.05) is 50.8 Å². The van der Waals surface area contributed by atoms with Gasteiger partial charge in [-0.25, -0.2) is 0 Å². The molecule has 0 amide bonds. The molecule has 128 valence electrons. The number of hydrogen-bond donors (Lipinski definition) is 0.